The number of nitrogens with one attached hydrogen (secondary N) is 1. The van der Waals surface area contributed by atoms with Gasteiger partial charge in [0.15, 0.2) is 0 Å². The fraction of sp³-hybridized carbons (Fsp3) is 0.438. The van der Waals surface area contributed by atoms with Crippen LogP contribution in [-0.4, -0.2) is 11.0 Å². The van der Waals surface area contributed by atoms with Crippen LogP contribution in [0.4, 0.5) is 0 Å². The molecular weight excluding hydrogens is 252 g/mol. The topological polar surface area (TPSA) is 24.9 Å². The second kappa shape index (κ2) is 5.43. The zero-order valence-electron chi connectivity index (χ0n) is 11.5. The van der Waals surface area contributed by atoms with Crippen molar-refractivity contribution in [2.24, 2.45) is 0 Å². The maximum atomic E-state index is 4.73. The first kappa shape index (κ1) is 12.8. The van der Waals surface area contributed by atoms with Gasteiger partial charge in [0, 0.05) is 23.5 Å². The SMILES string of the molecule is CC(C)NCc1csc(-c2cccc(C3CC3)c2)n1. The largest absolute Gasteiger partial charge is 0.309 e. The van der Waals surface area contributed by atoms with Crippen LogP contribution in [0, 0.1) is 0 Å². The van der Waals surface area contributed by atoms with Gasteiger partial charge in [0.2, 0.25) is 0 Å². The summed E-state index contributed by atoms with van der Waals surface area (Å²) < 4.78 is 0. The Kier molecular flexibility index (Phi) is 3.67. The third kappa shape index (κ3) is 3.23. The van der Waals surface area contributed by atoms with Gasteiger partial charge in [-0.3, -0.25) is 0 Å². The summed E-state index contributed by atoms with van der Waals surface area (Å²) in [6, 6.07) is 9.40. The molecule has 1 aromatic carbocycles. The van der Waals surface area contributed by atoms with Crippen LogP contribution < -0.4 is 5.32 Å². The molecule has 19 heavy (non-hydrogen) atoms. The number of rotatable bonds is 5. The number of hydrogen-bond donors (Lipinski definition) is 1. The van der Waals surface area contributed by atoms with E-state index < -0.39 is 0 Å². The fourth-order valence-corrected chi connectivity index (χ4v) is 2.99. The highest BCUT2D eigenvalue weighted by Gasteiger charge is 2.23. The summed E-state index contributed by atoms with van der Waals surface area (Å²) in [5.74, 6) is 0.807. The molecule has 0 saturated heterocycles. The van der Waals surface area contributed by atoms with Crippen molar-refractivity contribution in [3.05, 3.63) is 40.9 Å². The standard InChI is InChI=1S/C16H20N2S/c1-11(2)17-9-15-10-19-16(18-15)14-5-3-4-13(8-14)12-6-7-12/h3-5,8,10-12,17H,6-7,9H2,1-2H3. The van der Waals surface area contributed by atoms with E-state index >= 15 is 0 Å². The predicted molar refractivity (Wildman–Crippen MR) is 81.5 cm³/mol. The van der Waals surface area contributed by atoms with Crippen LogP contribution in [0.1, 0.15) is 43.9 Å². The lowest BCUT2D eigenvalue weighted by Gasteiger charge is -2.05. The van der Waals surface area contributed by atoms with Crippen LogP contribution in [0.25, 0.3) is 10.6 Å². The van der Waals surface area contributed by atoms with Crippen molar-refractivity contribution in [3.63, 3.8) is 0 Å². The molecule has 1 N–H and O–H groups in total. The molecule has 1 aliphatic rings. The Morgan fingerprint density at radius 1 is 1.37 bits per heavy atom. The molecule has 1 aliphatic carbocycles. The first-order chi connectivity index (χ1) is 9.22. The minimum atomic E-state index is 0.503. The van der Waals surface area contributed by atoms with Crippen molar-refractivity contribution in [2.75, 3.05) is 0 Å². The molecule has 3 heteroatoms. The van der Waals surface area contributed by atoms with E-state index in [1.807, 2.05) is 0 Å². The molecule has 1 aromatic heterocycles. The van der Waals surface area contributed by atoms with E-state index in [-0.39, 0.29) is 0 Å². The summed E-state index contributed by atoms with van der Waals surface area (Å²) in [6.45, 7) is 5.18. The van der Waals surface area contributed by atoms with E-state index in [1.165, 1.54) is 24.0 Å². The summed E-state index contributed by atoms with van der Waals surface area (Å²) in [5, 5.41) is 6.71. The van der Waals surface area contributed by atoms with E-state index in [2.05, 4.69) is 48.8 Å². The Hall–Kier alpha value is -1.19. The Labute approximate surface area is 118 Å². The molecule has 0 radical (unpaired) electrons. The van der Waals surface area contributed by atoms with Gasteiger partial charge in [-0.25, -0.2) is 4.98 Å². The van der Waals surface area contributed by atoms with Gasteiger partial charge in [0.05, 0.1) is 5.69 Å². The minimum absolute atomic E-state index is 0.503. The van der Waals surface area contributed by atoms with Crippen LogP contribution in [0.5, 0.6) is 0 Å². The van der Waals surface area contributed by atoms with Crippen molar-refractivity contribution < 1.29 is 0 Å². The first-order valence-corrected chi connectivity index (χ1v) is 7.88. The molecule has 100 valence electrons. The average molecular weight is 272 g/mol. The predicted octanol–water partition coefficient (Wildman–Crippen LogP) is 4.19. The number of thiazole rings is 1. The highest BCUT2D eigenvalue weighted by Crippen LogP contribution is 2.41. The Bertz CT molecular complexity index is 555. The molecule has 2 aromatic rings. The quantitative estimate of drug-likeness (QED) is 0.883. The second-order valence-electron chi connectivity index (χ2n) is 5.58. The molecule has 1 saturated carbocycles. The first-order valence-electron chi connectivity index (χ1n) is 7.00. The van der Waals surface area contributed by atoms with Crippen molar-refractivity contribution in [1.82, 2.24) is 10.3 Å². The lowest BCUT2D eigenvalue weighted by molar-refractivity contribution is 0.583. The van der Waals surface area contributed by atoms with Gasteiger partial charge in [0.1, 0.15) is 5.01 Å². The van der Waals surface area contributed by atoms with Crippen molar-refractivity contribution in [3.8, 4) is 10.6 Å². The summed E-state index contributed by atoms with van der Waals surface area (Å²) in [5.41, 5.74) is 3.89. The van der Waals surface area contributed by atoms with E-state index in [4.69, 9.17) is 4.98 Å². The van der Waals surface area contributed by atoms with E-state index in [0.717, 1.165) is 23.2 Å². The van der Waals surface area contributed by atoms with E-state index in [9.17, 15) is 0 Å². The fourth-order valence-electron chi connectivity index (χ4n) is 2.17. The molecule has 0 unspecified atom stereocenters. The molecule has 3 rings (SSSR count). The van der Waals surface area contributed by atoms with Crippen molar-refractivity contribution in [2.45, 2.75) is 45.2 Å². The normalized spacial score (nSPS) is 15.1. The monoisotopic (exact) mass is 272 g/mol. The van der Waals surface area contributed by atoms with Gasteiger partial charge >= 0.3 is 0 Å². The zero-order chi connectivity index (χ0) is 13.2. The van der Waals surface area contributed by atoms with Crippen molar-refractivity contribution >= 4 is 11.3 Å². The van der Waals surface area contributed by atoms with Gasteiger partial charge in [0.25, 0.3) is 0 Å². The molecule has 0 amide bonds. The van der Waals surface area contributed by atoms with Gasteiger partial charge in [-0.1, -0.05) is 32.0 Å². The Morgan fingerprint density at radius 2 is 2.21 bits per heavy atom. The molecule has 2 nitrogen and oxygen atoms in total. The van der Waals surface area contributed by atoms with Gasteiger partial charge < -0.3 is 5.32 Å². The molecular formula is C16H20N2S. The minimum Gasteiger partial charge on any atom is -0.309 e. The summed E-state index contributed by atoms with van der Waals surface area (Å²) in [4.78, 5) is 4.73. The average Bonchev–Trinajstić information content (AvgIpc) is 3.15. The van der Waals surface area contributed by atoms with Crippen molar-refractivity contribution in [1.29, 1.82) is 0 Å². The summed E-state index contributed by atoms with van der Waals surface area (Å²) >= 11 is 1.74. The van der Waals surface area contributed by atoms with Crippen LogP contribution in [0.3, 0.4) is 0 Å². The molecule has 0 aliphatic heterocycles. The van der Waals surface area contributed by atoms with Gasteiger partial charge in [-0.2, -0.15) is 0 Å². The smallest absolute Gasteiger partial charge is 0.123 e. The maximum Gasteiger partial charge on any atom is 0.123 e. The zero-order valence-corrected chi connectivity index (χ0v) is 12.3. The maximum absolute atomic E-state index is 4.73. The Balaban J connectivity index is 1.76. The van der Waals surface area contributed by atoms with Crippen LogP contribution in [0.2, 0.25) is 0 Å². The lowest BCUT2D eigenvalue weighted by Crippen LogP contribution is -2.21. The number of hydrogen-bond acceptors (Lipinski definition) is 3. The third-order valence-electron chi connectivity index (χ3n) is 3.43. The van der Waals surface area contributed by atoms with Gasteiger partial charge in [-0.05, 0) is 30.4 Å². The highest BCUT2D eigenvalue weighted by atomic mass is 32.1. The number of nitrogens with zero attached hydrogens (tertiary/aromatic N) is 1. The van der Waals surface area contributed by atoms with E-state index in [0.29, 0.717) is 6.04 Å². The summed E-state index contributed by atoms with van der Waals surface area (Å²) in [6.07, 6.45) is 2.70. The Morgan fingerprint density at radius 3 is 2.95 bits per heavy atom. The highest BCUT2D eigenvalue weighted by molar-refractivity contribution is 7.13. The lowest BCUT2D eigenvalue weighted by atomic mass is 10.1. The van der Waals surface area contributed by atoms with Crippen LogP contribution in [0.15, 0.2) is 29.6 Å². The molecule has 0 bridgehead atoms. The molecule has 1 fully saturated rings. The number of benzene rings is 1. The molecule has 0 atom stereocenters. The third-order valence-corrected chi connectivity index (χ3v) is 4.37. The summed E-state index contributed by atoms with van der Waals surface area (Å²) in [7, 11) is 0. The van der Waals surface area contributed by atoms with Crippen LogP contribution in [-0.2, 0) is 6.54 Å². The number of aromatic nitrogens is 1. The van der Waals surface area contributed by atoms with Gasteiger partial charge in [-0.15, -0.1) is 11.3 Å². The second-order valence-corrected chi connectivity index (χ2v) is 6.44. The molecule has 1 heterocycles. The van der Waals surface area contributed by atoms with Crippen LogP contribution >= 0.6 is 11.3 Å². The van der Waals surface area contributed by atoms with E-state index in [1.54, 1.807) is 11.3 Å². The molecule has 0 spiro atoms.